The molecule has 1 amide bonds. The van der Waals surface area contributed by atoms with Gasteiger partial charge in [0.15, 0.2) is 0 Å². The van der Waals surface area contributed by atoms with Crippen LogP contribution in [0.4, 0.5) is 0 Å². The fraction of sp³-hybridized carbons (Fsp3) is 0.417. The van der Waals surface area contributed by atoms with Gasteiger partial charge in [0.2, 0.25) is 5.91 Å². The maximum absolute atomic E-state index is 11.9. The molecule has 0 saturated heterocycles. The molecule has 0 bridgehead atoms. The third-order valence-electron chi connectivity index (χ3n) is 1.96. The highest BCUT2D eigenvalue weighted by molar-refractivity contribution is 9.10. The quantitative estimate of drug-likeness (QED) is 0.800. The smallest absolute Gasteiger partial charge is 0.243 e. The van der Waals surface area contributed by atoms with Crippen LogP contribution in [-0.4, -0.2) is 11.4 Å². The first-order chi connectivity index (χ1) is 7.70. The van der Waals surface area contributed by atoms with Gasteiger partial charge in [-0.15, -0.1) is 11.6 Å². The third kappa shape index (κ3) is 4.49. The lowest BCUT2D eigenvalue weighted by atomic mass is 10.1. The molecular formula is C12H14BrCl2NO. The van der Waals surface area contributed by atoms with Gasteiger partial charge >= 0.3 is 0 Å². The molecule has 0 radical (unpaired) electrons. The van der Waals surface area contributed by atoms with Crippen molar-refractivity contribution in [3.05, 3.63) is 33.3 Å². The van der Waals surface area contributed by atoms with Crippen molar-refractivity contribution in [1.82, 2.24) is 5.32 Å². The minimum Gasteiger partial charge on any atom is -0.350 e. The van der Waals surface area contributed by atoms with Crippen LogP contribution in [0, 0.1) is 0 Å². The molecule has 1 atom stereocenters. The molecule has 1 N–H and O–H groups in total. The lowest BCUT2D eigenvalue weighted by molar-refractivity contribution is -0.122. The van der Waals surface area contributed by atoms with Crippen LogP contribution in [0.3, 0.4) is 0 Å². The number of carbonyl (C=O) groups excluding carboxylic acids is 1. The van der Waals surface area contributed by atoms with Gasteiger partial charge < -0.3 is 5.32 Å². The molecule has 0 aliphatic carbocycles. The van der Waals surface area contributed by atoms with Crippen LogP contribution in [0.2, 0.25) is 5.02 Å². The average Bonchev–Trinajstić information content (AvgIpc) is 2.14. The Bertz CT molecular complexity index is 429. The van der Waals surface area contributed by atoms with Crippen molar-refractivity contribution in [2.45, 2.75) is 31.7 Å². The summed E-state index contributed by atoms with van der Waals surface area (Å²) in [6.45, 7) is 5.72. The molecule has 0 aromatic heterocycles. The van der Waals surface area contributed by atoms with E-state index in [1.165, 1.54) is 0 Å². The van der Waals surface area contributed by atoms with Gasteiger partial charge in [0.05, 0.1) is 0 Å². The Kier molecular flexibility index (Phi) is 4.87. The van der Waals surface area contributed by atoms with Gasteiger partial charge in [0.25, 0.3) is 0 Å². The third-order valence-corrected chi connectivity index (χ3v) is 3.32. The van der Waals surface area contributed by atoms with E-state index in [1.54, 1.807) is 18.2 Å². The molecule has 0 spiro atoms. The van der Waals surface area contributed by atoms with E-state index in [2.05, 4.69) is 21.2 Å². The molecule has 0 aliphatic heterocycles. The number of alkyl halides is 1. The predicted octanol–water partition coefficient (Wildman–Crippen LogP) is 4.30. The molecule has 1 aromatic carbocycles. The summed E-state index contributed by atoms with van der Waals surface area (Å²) in [5.41, 5.74) is 0.404. The summed E-state index contributed by atoms with van der Waals surface area (Å²) in [6.07, 6.45) is 0. The van der Waals surface area contributed by atoms with Gasteiger partial charge in [0.1, 0.15) is 5.38 Å². The molecule has 0 saturated carbocycles. The SMILES string of the molecule is CC(C)(C)NC(=O)C(Cl)c1ccc(Cl)cc1Br. The lowest BCUT2D eigenvalue weighted by Crippen LogP contribution is -2.42. The summed E-state index contributed by atoms with van der Waals surface area (Å²) in [7, 11) is 0. The number of amides is 1. The van der Waals surface area contributed by atoms with Crippen LogP contribution in [0.15, 0.2) is 22.7 Å². The second kappa shape index (κ2) is 5.59. The van der Waals surface area contributed by atoms with Gasteiger partial charge in [-0.3, -0.25) is 4.79 Å². The summed E-state index contributed by atoms with van der Waals surface area (Å²) in [5, 5.41) is 2.70. The minimum atomic E-state index is -0.735. The van der Waals surface area contributed by atoms with Crippen LogP contribution in [-0.2, 0) is 4.79 Å². The van der Waals surface area contributed by atoms with Gasteiger partial charge in [-0.25, -0.2) is 0 Å². The Hall–Kier alpha value is -0.250. The van der Waals surface area contributed by atoms with Crippen LogP contribution >= 0.6 is 39.1 Å². The van der Waals surface area contributed by atoms with E-state index in [9.17, 15) is 4.79 Å². The summed E-state index contributed by atoms with van der Waals surface area (Å²) in [6, 6.07) is 5.17. The van der Waals surface area contributed by atoms with E-state index in [0.717, 1.165) is 4.47 Å². The second-order valence-electron chi connectivity index (χ2n) is 4.77. The molecule has 0 fully saturated rings. The zero-order valence-corrected chi connectivity index (χ0v) is 12.9. The van der Waals surface area contributed by atoms with Crippen LogP contribution in [0.25, 0.3) is 0 Å². The first-order valence-electron chi connectivity index (χ1n) is 5.12. The lowest BCUT2D eigenvalue weighted by Gasteiger charge is -2.23. The zero-order valence-electron chi connectivity index (χ0n) is 9.85. The van der Waals surface area contributed by atoms with Gasteiger partial charge in [-0.2, -0.15) is 0 Å². The monoisotopic (exact) mass is 337 g/mol. The molecule has 1 aromatic rings. The molecular weight excluding hydrogens is 325 g/mol. The van der Waals surface area contributed by atoms with Crippen molar-refractivity contribution >= 4 is 45.0 Å². The number of benzene rings is 1. The number of rotatable bonds is 2. The number of nitrogens with one attached hydrogen (secondary N) is 1. The molecule has 1 rings (SSSR count). The van der Waals surface area contributed by atoms with Crippen LogP contribution in [0.5, 0.6) is 0 Å². The Morgan fingerprint density at radius 1 is 1.41 bits per heavy atom. The molecule has 0 aliphatic rings. The number of hydrogen-bond donors (Lipinski definition) is 1. The molecule has 0 heterocycles. The van der Waals surface area contributed by atoms with E-state index in [0.29, 0.717) is 10.6 Å². The maximum atomic E-state index is 11.9. The predicted molar refractivity (Wildman–Crippen MR) is 75.6 cm³/mol. The van der Waals surface area contributed by atoms with E-state index < -0.39 is 5.38 Å². The molecule has 1 unspecified atom stereocenters. The second-order valence-corrected chi connectivity index (χ2v) is 6.49. The topological polar surface area (TPSA) is 29.1 Å². The molecule has 5 heteroatoms. The van der Waals surface area contributed by atoms with Gasteiger partial charge in [0, 0.05) is 15.0 Å². The normalized spacial score (nSPS) is 13.3. The zero-order chi connectivity index (χ0) is 13.2. The number of halogens is 3. The van der Waals surface area contributed by atoms with Crippen molar-refractivity contribution in [2.24, 2.45) is 0 Å². The highest BCUT2D eigenvalue weighted by atomic mass is 79.9. The Balaban J connectivity index is 2.89. The highest BCUT2D eigenvalue weighted by Crippen LogP contribution is 2.30. The summed E-state index contributed by atoms with van der Waals surface area (Å²) in [4.78, 5) is 11.9. The standard InChI is InChI=1S/C12H14BrCl2NO/c1-12(2,3)16-11(17)10(15)8-5-4-7(14)6-9(8)13/h4-6,10H,1-3H3,(H,16,17). The maximum Gasteiger partial charge on any atom is 0.243 e. The first-order valence-corrected chi connectivity index (χ1v) is 6.72. The summed E-state index contributed by atoms with van der Waals surface area (Å²) >= 11 is 15.3. The van der Waals surface area contributed by atoms with Crippen molar-refractivity contribution in [2.75, 3.05) is 0 Å². The van der Waals surface area contributed by atoms with E-state index in [4.69, 9.17) is 23.2 Å². The fourth-order valence-corrected chi connectivity index (χ4v) is 2.57. The van der Waals surface area contributed by atoms with Crippen molar-refractivity contribution in [3.8, 4) is 0 Å². The van der Waals surface area contributed by atoms with Crippen molar-refractivity contribution in [3.63, 3.8) is 0 Å². The first kappa shape index (κ1) is 14.8. The molecule has 2 nitrogen and oxygen atoms in total. The Morgan fingerprint density at radius 2 is 2.00 bits per heavy atom. The molecule has 17 heavy (non-hydrogen) atoms. The Morgan fingerprint density at radius 3 is 2.47 bits per heavy atom. The van der Waals surface area contributed by atoms with Gasteiger partial charge in [-0.05, 0) is 38.5 Å². The summed E-state index contributed by atoms with van der Waals surface area (Å²) in [5.74, 6) is -0.220. The van der Waals surface area contributed by atoms with E-state index >= 15 is 0 Å². The van der Waals surface area contributed by atoms with E-state index in [1.807, 2.05) is 20.8 Å². The number of carbonyl (C=O) groups is 1. The van der Waals surface area contributed by atoms with E-state index in [-0.39, 0.29) is 11.4 Å². The fourth-order valence-electron chi connectivity index (χ4n) is 1.28. The highest BCUT2D eigenvalue weighted by Gasteiger charge is 2.23. The van der Waals surface area contributed by atoms with Crippen LogP contribution < -0.4 is 5.32 Å². The number of hydrogen-bond acceptors (Lipinski definition) is 1. The minimum absolute atomic E-state index is 0.220. The van der Waals surface area contributed by atoms with Crippen molar-refractivity contribution < 1.29 is 4.79 Å². The van der Waals surface area contributed by atoms with Gasteiger partial charge in [-0.1, -0.05) is 33.6 Å². The van der Waals surface area contributed by atoms with Crippen LogP contribution in [0.1, 0.15) is 31.7 Å². The Labute approximate surface area is 120 Å². The average molecular weight is 339 g/mol. The van der Waals surface area contributed by atoms with Crippen molar-refractivity contribution in [1.29, 1.82) is 0 Å². The molecule has 94 valence electrons. The summed E-state index contributed by atoms with van der Waals surface area (Å²) < 4.78 is 0.731. The largest absolute Gasteiger partial charge is 0.350 e.